The van der Waals surface area contributed by atoms with Gasteiger partial charge < -0.3 is 5.32 Å². The maximum Gasteiger partial charge on any atom is 0.429 e. The summed E-state index contributed by atoms with van der Waals surface area (Å²) in [6.07, 6.45) is -28.7. The molecule has 28 heavy (non-hydrogen) atoms. The number of hydrogen-bond acceptors (Lipinski definition) is 1. The SMILES string of the molecule is Fc1c(F)c(C(F)(F)F)c(F)c(F)c1NC(C(F)(F)F)(C(F)(F)F)C(F)(F)F. The topological polar surface area (TPSA) is 12.0 Å². The van der Waals surface area contributed by atoms with Gasteiger partial charge in [-0.1, -0.05) is 0 Å². The monoisotopic (exact) mass is 451 g/mol. The second-order valence-electron chi connectivity index (χ2n) is 4.87. The van der Waals surface area contributed by atoms with Crippen molar-refractivity contribution in [2.24, 2.45) is 0 Å². The third-order valence-corrected chi connectivity index (χ3v) is 3.13. The molecule has 0 fully saturated rings. The first-order valence-corrected chi connectivity index (χ1v) is 6.02. The highest BCUT2D eigenvalue weighted by molar-refractivity contribution is 5.53. The molecule has 0 saturated carbocycles. The Hall–Kier alpha value is -2.10. The molecule has 1 rings (SSSR count). The van der Waals surface area contributed by atoms with E-state index in [2.05, 4.69) is 0 Å². The standard InChI is InChI=1S/C11HF16N/c12-2-1(7(16,17)18)3(13)5(15)6(4(2)14)28-8(9(19,20)21,10(22,23)24)11(25,26)27/h28H. The van der Waals surface area contributed by atoms with E-state index in [9.17, 15) is 70.2 Å². The average molecular weight is 451 g/mol. The van der Waals surface area contributed by atoms with Crippen LogP contribution >= 0.6 is 0 Å². The van der Waals surface area contributed by atoms with Crippen LogP contribution in [0.15, 0.2) is 0 Å². The van der Waals surface area contributed by atoms with Gasteiger partial charge in [0.05, 0.1) is 0 Å². The molecule has 0 heterocycles. The maximum absolute atomic E-state index is 13.5. The third kappa shape index (κ3) is 3.49. The summed E-state index contributed by atoms with van der Waals surface area (Å²) in [5.74, 6) is -14.4. The largest absolute Gasteiger partial charge is 0.429 e. The van der Waals surface area contributed by atoms with Gasteiger partial charge in [-0.25, -0.2) is 17.6 Å². The Morgan fingerprint density at radius 2 is 0.750 bits per heavy atom. The summed E-state index contributed by atoms with van der Waals surface area (Å²) in [7, 11) is 0. The van der Waals surface area contributed by atoms with Crippen molar-refractivity contribution >= 4 is 5.69 Å². The third-order valence-electron chi connectivity index (χ3n) is 3.13. The molecular weight excluding hydrogens is 450 g/mol. The van der Waals surface area contributed by atoms with E-state index in [-0.39, 0.29) is 0 Å². The van der Waals surface area contributed by atoms with Crippen LogP contribution in [0.3, 0.4) is 0 Å². The minimum Gasteiger partial charge on any atom is -0.352 e. The van der Waals surface area contributed by atoms with Gasteiger partial charge in [-0.3, -0.25) is 0 Å². The van der Waals surface area contributed by atoms with E-state index in [0.29, 0.717) is 0 Å². The molecule has 0 aliphatic heterocycles. The second kappa shape index (κ2) is 6.47. The molecule has 17 heteroatoms. The first-order valence-electron chi connectivity index (χ1n) is 6.02. The van der Waals surface area contributed by atoms with Crippen LogP contribution in [0.5, 0.6) is 0 Å². The molecule has 0 aromatic heterocycles. The zero-order valence-electron chi connectivity index (χ0n) is 12.0. The van der Waals surface area contributed by atoms with Crippen molar-refractivity contribution < 1.29 is 70.2 Å². The van der Waals surface area contributed by atoms with Crippen LogP contribution in [0, 0.1) is 23.3 Å². The first-order chi connectivity index (χ1) is 12.1. The fourth-order valence-electron chi connectivity index (χ4n) is 1.87. The average Bonchev–Trinajstić information content (AvgIpc) is 2.39. The fourth-order valence-corrected chi connectivity index (χ4v) is 1.87. The van der Waals surface area contributed by atoms with Crippen molar-refractivity contribution in [1.29, 1.82) is 0 Å². The molecular formula is C11HF16N. The van der Waals surface area contributed by atoms with Gasteiger partial charge in [0.2, 0.25) is 0 Å². The lowest BCUT2D eigenvalue weighted by Crippen LogP contribution is -2.71. The highest BCUT2D eigenvalue weighted by Crippen LogP contribution is 2.55. The molecule has 1 aromatic carbocycles. The number of benzene rings is 1. The van der Waals surface area contributed by atoms with Gasteiger partial charge in [0.25, 0.3) is 0 Å². The van der Waals surface area contributed by atoms with E-state index >= 15 is 0 Å². The molecule has 1 nitrogen and oxygen atoms in total. The number of rotatable bonds is 2. The van der Waals surface area contributed by atoms with Crippen LogP contribution in [0.2, 0.25) is 0 Å². The molecule has 0 radical (unpaired) electrons. The molecule has 0 spiro atoms. The van der Waals surface area contributed by atoms with E-state index in [1.165, 1.54) is 0 Å². The Morgan fingerprint density at radius 1 is 0.464 bits per heavy atom. The lowest BCUT2D eigenvalue weighted by Gasteiger charge is -2.39. The summed E-state index contributed by atoms with van der Waals surface area (Å²) in [6.45, 7) is 0. The lowest BCUT2D eigenvalue weighted by molar-refractivity contribution is -0.370. The van der Waals surface area contributed by atoms with Crippen molar-refractivity contribution in [2.75, 3.05) is 5.32 Å². The molecule has 1 N–H and O–H groups in total. The van der Waals surface area contributed by atoms with Gasteiger partial charge in [0.1, 0.15) is 11.3 Å². The summed E-state index contributed by atoms with van der Waals surface area (Å²) in [4.78, 5) is 0. The Morgan fingerprint density at radius 3 is 0.964 bits per heavy atom. The Bertz CT molecular complexity index is 683. The van der Waals surface area contributed by atoms with Crippen LogP contribution in [0.25, 0.3) is 0 Å². The predicted octanol–water partition coefficient (Wildman–Crippen LogP) is 6.10. The van der Waals surface area contributed by atoms with Gasteiger partial charge in [-0.15, -0.1) is 0 Å². The van der Waals surface area contributed by atoms with Gasteiger partial charge in [0, 0.05) is 0 Å². The van der Waals surface area contributed by atoms with Crippen molar-refractivity contribution in [3.05, 3.63) is 28.8 Å². The summed E-state index contributed by atoms with van der Waals surface area (Å²) >= 11 is 0. The zero-order valence-corrected chi connectivity index (χ0v) is 12.0. The molecule has 0 bridgehead atoms. The fraction of sp³-hybridized carbons (Fsp3) is 0.455. The molecule has 0 amide bonds. The molecule has 0 aliphatic carbocycles. The molecule has 0 saturated heterocycles. The van der Waals surface area contributed by atoms with Gasteiger partial charge >= 0.3 is 30.2 Å². The predicted molar refractivity (Wildman–Crippen MR) is 55.8 cm³/mol. The van der Waals surface area contributed by atoms with Crippen LogP contribution < -0.4 is 5.32 Å². The van der Waals surface area contributed by atoms with Crippen molar-refractivity contribution in [2.45, 2.75) is 30.2 Å². The number of halogens is 16. The smallest absolute Gasteiger partial charge is 0.352 e. The zero-order chi connectivity index (χ0) is 22.7. The summed E-state index contributed by atoms with van der Waals surface area (Å²) < 4.78 is 205. The van der Waals surface area contributed by atoms with E-state index in [0.717, 1.165) is 0 Å². The highest BCUT2D eigenvalue weighted by Gasteiger charge is 2.84. The highest BCUT2D eigenvalue weighted by atomic mass is 19.4. The van der Waals surface area contributed by atoms with Gasteiger partial charge in [0.15, 0.2) is 23.3 Å². The molecule has 162 valence electrons. The van der Waals surface area contributed by atoms with Crippen molar-refractivity contribution in [3.63, 3.8) is 0 Å². The summed E-state index contributed by atoms with van der Waals surface area (Å²) in [5.41, 5.74) is -14.0. The van der Waals surface area contributed by atoms with Gasteiger partial charge in [-0.05, 0) is 0 Å². The Kier molecular flexibility index (Phi) is 5.53. The summed E-state index contributed by atoms with van der Waals surface area (Å²) in [5, 5.41) is -0.763. The van der Waals surface area contributed by atoms with Crippen molar-refractivity contribution in [1.82, 2.24) is 0 Å². The molecule has 0 unspecified atom stereocenters. The quantitative estimate of drug-likeness (QED) is 0.424. The molecule has 1 aromatic rings. The molecule has 0 aliphatic rings. The number of hydrogen-bond donors (Lipinski definition) is 1. The van der Waals surface area contributed by atoms with Crippen molar-refractivity contribution in [3.8, 4) is 0 Å². The minimum absolute atomic E-state index is 0.763. The molecule has 0 atom stereocenters. The first kappa shape index (κ1) is 23.9. The van der Waals surface area contributed by atoms with Crippen LogP contribution in [-0.4, -0.2) is 24.1 Å². The Balaban J connectivity index is 3.96. The lowest BCUT2D eigenvalue weighted by atomic mass is 9.95. The number of nitrogens with one attached hydrogen (secondary N) is 1. The van der Waals surface area contributed by atoms with E-state index in [1.54, 1.807) is 0 Å². The van der Waals surface area contributed by atoms with Crippen LogP contribution in [0.1, 0.15) is 5.56 Å². The van der Waals surface area contributed by atoms with E-state index in [1.807, 2.05) is 0 Å². The van der Waals surface area contributed by atoms with E-state index < -0.39 is 70.1 Å². The number of alkyl halides is 12. The normalized spacial score (nSPS) is 14.4. The van der Waals surface area contributed by atoms with E-state index in [4.69, 9.17) is 0 Å². The number of anilines is 1. The minimum atomic E-state index is -7.47. The van der Waals surface area contributed by atoms with Crippen LogP contribution in [0.4, 0.5) is 75.9 Å². The Labute approximate surface area is 141 Å². The summed E-state index contributed by atoms with van der Waals surface area (Å²) in [6, 6.07) is 0. The van der Waals surface area contributed by atoms with Crippen LogP contribution in [-0.2, 0) is 6.18 Å². The second-order valence-corrected chi connectivity index (χ2v) is 4.87. The maximum atomic E-state index is 13.5. The van der Waals surface area contributed by atoms with Gasteiger partial charge in [-0.2, -0.15) is 52.7 Å².